The Balaban J connectivity index is 1.76. The van der Waals surface area contributed by atoms with Crippen LogP contribution in [0.5, 0.6) is 0 Å². The molecule has 1 atom stereocenters. The van der Waals surface area contributed by atoms with E-state index in [0.29, 0.717) is 13.0 Å². The van der Waals surface area contributed by atoms with Crippen LogP contribution in [0.4, 0.5) is 0 Å². The van der Waals surface area contributed by atoms with Gasteiger partial charge in [0.25, 0.3) is 0 Å². The highest BCUT2D eigenvalue weighted by Crippen LogP contribution is 2.28. The van der Waals surface area contributed by atoms with Crippen molar-refractivity contribution in [3.05, 3.63) is 0 Å². The van der Waals surface area contributed by atoms with Crippen LogP contribution >= 0.6 is 0 Å². The summed E-state index contributed by atoms with van der Waals surface area (Å²) in [7, 11) is 0. The molecule has 1 unspecified atom stereocenters. The Morgan fingerprint density at radius 1 is 1.25 bits per heavy atom. The van der Waals surface area contributed by atoms with Crippen molar-refractivity contribution in [2.45, 2.75) is 88.9 Å². The largest absolute Gasteiger partial charge is 0.388 e. The Morgan fingerprint density at radius 3 is 2.50 bits per heavy atom. The number of rotatable bonds is 6. The van der Waals surface area contributed by atoms with E-state index in [4.69, 9.17) is 4.74 Å². The van der Waals surface area contributed by atoms with Gasteiger partial charge in [0.2, 0.25) is 5.91 Å². The number of ether oxygens (including phenoxy) is 1. The SMILES string of the molecule is CCC(OC1CCCCC1)C(=O)NCC1(O)CCCC1. The van der Waals surface area contributed by atoms with Crippen LogP contribution in [0.2, 0.25) is 0 Å². The van der Waals surface area contributed by atoms with Gasteiger partial charge in [0.15, 0.2) is 0 Å². The second-order valence-electron chi connectivity index (χ2n) is 6.44. The molecule has 0 saturated heterocycles. The van der Waals surface area contributed by atoms with Crippen LogP contribution in [0.1, 0.15) is 71.1 Å². The second kappa shape index (κ2) is 7.41. The molecule has 0 aromatic rings. The van der Waals surface area contributed by atoms with Gasteiger partial charge >= 0.3 is 0 Å². The lowest BCUT2D eigenvalue weighted by Crippen LogP contribution is -2.46. The highest BCUT2D eigenvalue weighted by molar-refractivity contribution is 5.80. The van der Waals surface area contributed by atoms with Crippen molar-refractivity contribution in [2.24, 2.45) is 0 Å². The average Bonchev–Trinajstić information content (AvgIpc) is 2.91. The molecule has 4 nitrogen and oxygen atoms in total. The van der Waals surface area contributed by atoms with Gasteiger partial charge in [-0.2, -0.15) is 0 Å². The number of carbonyl (C=O) groups excluding carboxylic acids is 1. The van der Waals surface area contributed by atoms with E-state index >= 15 is 0 Å². The van der Waals surface area contributed by atoms with Crippen LogP contribution in [0.3, 0.4) is 0 Å². The Labute approximate surface area is 122 Å². The standard InChI is InChI=1S/C16H29NO3/c1-2-14(20-13-8-4-3-5-9-13)15(18)17-12-16(19)10-6-7-11-16/h13-14,19H,2-12H2,1H3,(H,17,18). The Bertz CT molecular complexity index is 307. The topological polar surface area (TPSA) is 58.6 Å². The monoisotopic (exact) mass is 283 g/mol. The molecule has 2 fully saturated rings. The van der Waals surface area contributed by atoms with E-state index < -0.39 is 5.60 Å². The van der Waals surface area contributed by atoms with Gasteiger partial charge in [-0.25, -0.2) is 0 Å². The fraction of sp³-hybridized carbons (Fsp3) is 0.938. The van der Waals surface area contributed by atoms with Gasteiger partial charge in [-0.1, -0.05) is 39.0 Å². The molecule has 0 radical (unpaired) electrons. The van der Waals surface area contributed by atoms with Crippen molar-refractivity contribution in [1.82, 2.24) is 5.32 Å². The van der Waals surface area contributed by atoms with Crippen molar-refractivity contribution in [3.63, 3.8) is 0 Å². The van der Waals surface area contributed by atoms with Crippen LogP contribution < -0.4 is 5.32 Å². The summed E-state index contributed by atoms with van der Waals surface area (Å²) >= 11 is 0. The van der Waals surface area contributed by atoms with Crippen molar-refractivity contribution >= 4 is 5.91 Å². The first kappa shape index (κ1) is 15.8. The molecule has 20 heavy (non-hydrogen) atoms. The third kappa shape index (κ3) is 4.45. The van der Waals surface area contributed by atoms with Gasteiger partial charge in [-0.3, -0.25) is 4.79 Å². The van der Waals surface area contributed by atoms with Crippen LogP contribution in [0.15, 0.2) is 0 Å². The molecule has 0 bridgehead atoms. The van der Waals surface area contributed by atoms with E-state index in [1.165, 1.54) is 19.3 Å². The smallest absolute Gasteiger partial charge is 0.249 e. The maximum Gasteiger partial charge on any atom is 0.249 e. The minimum atomic E-state index is -0.682. The summed E-state index contributed by atoms with van der Waals surface area (Å²) in [4.78, 5) is 12.2. The maximum atomic E-state index is 12.2. The van der Waals surface area contributed by atoms with E-state index in [1.54, 1.807) is 0 Å². The first-order chi connectivity index (χ1) is 9.63. The third-order valence-electron chi connectivity index (χ3n) is 4.70. The first-order valence-corrected chi connectivity index (χ1v) is 8.28. The Hall–Kier alpha value is -0.610. The number of carbonyl (C=O) groups is 1. The summed E-state index contributed by atoms with van der Waals surface area (Å²) in [5.74, 6) is -0.0570. The van der Waals surface area contributed by atoms with Crippen LogP contribution in [-0.4, -0.2) is 35.4 Å². The van der Waals surface area contributed by atoms with Crippen LogP contribution in [0, 0.1) is 0 Å². The molecule has 0 aromatic carbocycles. The molecular weight excluding hydrogens is 254 g/mol. The lowest BCUT2D eigenvalue weighted by molar-refractivity contribution is -0.139. The quantitative estimate of drug-likeness (QED) is 0.787. The van der Waals surface area contributed by atoms with Crippen molar-refractivity contribution in [2.75, 3.05) is 6.54 Å². The van der Waals surface area contributed by atoms with Gasteiger partial charge in [0, 0.05) is 6.54 Å². The minimum absolute atomic E-state index is 0.0570. The van der Waals surface area contributed by atoms with Crippen molar-refractivity contribution in [3.8, 4) is 0 Å². The summed E-state index contributed by atoms with van der Waals surface area (Å²) in [5.41, 5.74) is -0.682. The molecule has 116 valence electrons. The lowest BCUT2D eigenvalue weighted by Gasteiger charge is -2.28. The predicted molar refractivity (Wildman–Crippen MR) is 78.5 cm³/mol. The molecule has 4 heteroatoms. The Morgan fingerprint density at radius 2 is 1.90 bits per heavy atom. The van der Waals surface area contributed by atoms with Crippen molar-refractivity contribution < 1.29 is 14.6 Å². The van der Waals surface area contributed by atoms with Crippen LogP contribution in [0.25, 0.3) is 0 Å². The summed E-state index contributed by atoms with van der Waals surface area (Å²) in [6, 6.07) is 0. The molecule has 2 N–H and O–H groups in total. The van der Waals surface area contributed by atoms with Crippen molar-refractivity contribution in [1.29, 1.82) is 0 Å². The molecule has 0 heterocycles. The van der Waals surface area contributed by atoms with E-state index in [1.807, 2.05) is 6.92 Å². The zero-order chi connectivity index (χ0) is 14.4. The normalized spacial score (nSPS) is 24.5. The average molecular weight is 283 g/mol. The highest BCUT2D eigenvalue weighted by atomic mass is 16.5. The first-order valence-electron chi connectivity index (χ1n) is 8.28. The molecular formula is C16H29NO3. The number of hydrogen-bond acceptors (Lipinski definition) is 3. The number of hydrogen-bond donors (Lipinski definition) is 2. The number of nitrogens with one attached hydrogen (secondary N) is 1. The highest BCUT2D eigenvalue weighted by Gasteiger charge is 2.32. The molecule has 1 amide bonds. The minimum Gasteiger partial charge on any atom is -0.388 e. The Kier molecular flexibility index (Phi) is 5.85. The second-order valence-corrected chi connectivity index (χ2v) is 6.44. The summed E-state index contributed by atoms with van der Waals surface area (Å²) in [6.07, 6.45) is 10.2. The van der Waals surface area contributed by atoms with E-state index in [2.05, 4.69) is 5.32 Å². The van der Waals surface area contributed by atoms with Gasteiger partial charge in [0.05, 0.1) is 11.7 Å². The van der Waals surface area contributed by atoms with Gasteiger partial charge < -0.3 is 15.2 Å². The third-order valence-corrected chi connectivity index (χ3v) is 4.70. The zero-order valence-electron chi connectivity index (χ0n) is 12.7. The predicted octanol–water partition coefficient (Wildman–Crippen LogP) is 2.54. The van der Waals surface area contributed by atoms with Crippen LogP contribution in [-0.2, 0) is 9.53 Å². The molecule has 2 aliphatic rings. The van der Waals surface area contributed by atoms with E-state index in [9.17, 15) is 9.90 Å². The molecule has 0 aromatic heterocycles. The van der Waals surface area contributed by atoms with E-state index in [0.717, 1.165) is 38.5 Å². The fourth-order valence-corrected chi connectivity index (χ4v) is 3.35. The maximum absolute atomic E-state index is 12.2. The molecule has 0 aliphatic heterocycles. The lowest BCUT2D eigenvalue weighted by atomic mass is 9.97. The zero-order valence-corrected chi connectivity index (χ0v) is 12.7. The molecule has 2 aliphatic carbocycles. The van der Waals surface area contributed by atoms with Gasteiger partial charge in [0.1, 0.15) is 6.10 Å². The molecule has 2 rings (SSSR count). The van der Waals surface area contributed by atoms with Gasteiger partial charge in [-0.15, -0.1) is 0 Å². The molecule has 0 spiro atoms. The summed E-state index contributed by atoms with van der Waals surface area (Å²) < 4.78 is 5.96. The van der Waals surface area contributed by atoms with E-state index in [-0.39, 0.29) is 18.1 Å². The fourth-order valence-electron chi connectivity index (χ4n) is 3.35. The summed E-state index contributed by atoms with van der Waals surface area (Å²) in [5, 5.41) is 13.2. The number of amides is 1. The molecule has 2 saturated carbocycles. The summed E-state index contributed by atoms with van der Waals surface area (Å²) in [6.45, 7) is 2.35. The number of aliphatic hydroxyl groups is 1. The van der Waals surface area contributed by atoms with Gasteiger partial charge in [-0.05, 0) is 32.1 Å².